The monoisotopic (exact) mass is 301 g/mol. The Bertz CT molecular complexity index is 270. The summed E-state index contributed by atoms with van der Waals surface area (Å²) in [6, 6.07) is 0. The Kier molecular flexibility index (Phi) is 6.72. The van der Waals surface area contributed by atoms with Gasteiger partial charge < -0.3 is 16.1 Å². The van der Waals surface area contributed by atoms with E-state index < -0.39 is 5.54 Å². The summed E-state index contributed by atoms with van der Waals surface area (Å²) in [5.74, 6) is -0.295. The van der Waals surface area contributed by atoms with E-state index in [1.165, 1.54) is 7.11 Å². The molecule has 1 atom stereocenters. The molecule has 0 saturated carbocycles. The second-order valence-electron chi connectivity index (χ2n) is 3.73. The van der Waals surface area contributed by atoms with E-state index in [0.717, 1.165) is 0 Å². The van der Waals surface area contributed by atoms with Crippen LogP contribution >= 0.6 is 0 Å². The molecule has 1 aliphatic rings. The number of rotatable bonds is 3. The van der Waals surface area contributed by atoms with Gasteiger partial charge in [-0.2, -0.15) is 0 Å². The molecule has 1 saturated heterocycles. The molecule has 16 heavy (non-hydrogen) atoms. The second-order valence-corrected chi connectivity index (χ2v) is 3.73. The maximum absolute atomic E-state index is 11.8. The number of esters is 1. The van der Waals surface area contributed by atoms with Crippen molar-refractivity contribution in [3.63, 3.8) is 0 Å². The number of likely N-dealkylation sites (tertiary alicyclic amines) is 1. The number of nitrogens with zero attached hydrogens (tertiary/aromatic N) is 1. The number of methoxy groups -OCH3 is 1. The molecular weight excluding hydrogens is 283 g/mol. The normalized spacial score (nSPS) is 23.8. The summed E-state index contributed by atoms with van der Waals surface area (Å²) in [7, 11) is 1.37. The molecule has 4 nitrogen and oxygen atoms in total. The predicted molar refractivity (Wildman–Crippen MR) is 56.0 cm³/mol. The van der Waals surface area contributed by atoms with E-state index in [4.69, 9.17) is 4.74 Å². The molecule has 1 aliphatic heterocycles. The van der Waals surface area contributed by atoms with Crippen LogP contribution in [-0.2, 0) is 47.0 Å². The van der Waals surface area contributed by atoms with Crippen LogP contribution < -0.4 is 0 Å². The second kappa shape index (κ2) is 6.70. The third-order valence-corrected chi connectivity index (χ3v) is 3.06. The predicted octanol–water partition coefficient (Wildman–Crippen LogP) is 1.15. The molecule has 0 aliphatic carbocycles. The van der Waals surface area contributed by atoms with E-state index in [1.54, 1.807) is 11.8 Å². The fourth-order valence-electron chi connectivity index (χ4n) is 2.11. The van der Waals surface area contributed by atoms with Crippen molar-refractivity contribution >= 4 is 11.9 Å². The van der Waals surface area contributed by atoms with Gasteiger partial charge in [0, 0.05) is 39.1 Å². The van der Waals surface area contributed by atoms with Crippen molar-refractivity contribution in [2.24, 2.45) is 0 Å². The first-order valence-electron chi connectivity index (χ1n) is 5.33. The Hall–Kier alpha value is 0.0439. The fraction of sp³-hybridized carbons (Fsp3) is 0.727. The molecule has 1 unspecified atom stereocenters. The molecule has 0 spiro atoms. The Morgan fingerprint density at radius 1 is 1.44 bits per heavy atom. The van der Waals surface area contributed by atoms with Crippen molar-refractivity contribution in [1.29, 1.82) is 0 Å². The van der Waals surface area contributed by atoms with Gasteiger partial charge in [0.15, 0.2) is 0 Å². The van der Waals surface area contributed by atoms with Crippen LogP contribution in [0, 0.1) is 6.42 Å². The quantitative estimate of drug-likeness (QED) is 0.580. The average molecular weight is 301 g/mol. The maximum Gasteiger partial charge on any atom is 0.328 e. The van der Waals surface area contributed by atoms with E-state index in [9.17, 15) is 9.59 Å². The van der Waals surface area contributed by atoms with Crippen LogP contribution in [0.2, 0.25) is 0 Å². The first-order valence-corrected chi connectivity index (χ1v) is 5.33. The Labute approximate surface area is 122 Å². The van der Waals surface area contributed by atoms with E-state index in [1.807, 2.05) is 13.3 Å². The number of hydrogen-bond acceptors (Lipinski definition) is 3. The first kappa shape index (κ1) is 16.0. The van der Waals surface area contributed by atoms with E-state index in [-0.39, 0.29) is 44.6 Å². The summed E-state index contributed by atoms with van der Waals surface area (Å²) in [4.78, 5) is 25.1. The smallest absolute Gasteiger partial charge is 0.328 e. The third-order valence-electron chi connectivity index (χ3n) is 3.06. The van der Waals surface area contributed by atoms with Crippen molar-refractivity contribution in [2.75, 3.05) is 13.7 Å². The fourth-order valence-corrected chi connectivity index (χ4v) is 2.11. The number of carbonyl (C=O) groups excluding carboxylic acids is 2. The zero-order chi connectivity index (χ0) is 11.5. The third kappa shape index (κ3) is 2.65. The molecule has 0 N–H and O–H groups in total. The first-order chi connectivity index (χ1) is 7.12. The van der Waals surface area contributed by atoms with E-state index in [0.29, 0.717) is 25.8 Å². The summed E-state index contributed by atoms with van der Waals surface area (Å²) < 4.78 is 4.80. The SMILES string of the molecule is CCC(=O)N1C[CH-]CC1(CC)C(=O)OC.[Y]. The summed E-state index contributed by atoms with van der Waals surface area (Å²) in [5, 5.41) is 0. The van der Waals surface area contributed by atoms with Gasteiger partial charge in [0.2, 0.25) is 5.91 Å². The summed E-state index contributed by atoms with van der Waals surface area (Å²) >= 11 is 0. The minimum Gasteiger partial charge on any atom is -0.467 e. The van der Waals surface area contributed by atoms with E-state index in [2.05, 4.69) is 0 Å². The van der Waals surface area contributed by atoms with Crippen LogP contribution in [-0.4, -0.2) is 36.0 Å². The maximum atomic E-state index is 11.8. The van der Waals surface area contributed by atoms with Gasteiger partial charge in [-0.1, -0.05) is 13.8 Å². The van der Waals surface area contributed by atoms with Crippen LogP contribution in [0.1, 0.15) is 33.1 Å². The van der Waals surface area contributed by atoms with Crippen LogP contribution in [0.25, 0.3) is 0 Å². The van der Waals surface area contributed by atoms with Crippen molar-refractivity contribution in [2.45, 2.75) is 38.6 Å². The minimum absolute atomic E-state index is 0. The molecule has 5 heteroatoms. The van der Waals surface area contributed by atoms with Gasteiger partial charge >= 0.3 is 5.97 Å². The summed E-state index contributed by atoms with van der Waals surface area (Å²) in [6.45, 7) is 4.26. The van der Waals surface area contributed by atoms with Gasteiger partial charge in [0.25, 0.3) is 0 Å². The molecule has 0 aromatic carbocycles. The van der Waals surface area contributed by atoms with Crippen molar-refractivity contribution in [3.8, 4) is 0 Å². The van der Waals surface area contributed by atoms with Crippen molar-refractivity contribution in [1.82, 2.24) is 4.90 Å². The molecule has 1 heterocycles. The Morgan fingerprint density at radius 3 is 2.50 bits per heavy atom. The zero-order valence-corrected chi connectivity index (χ0v) is 13.0. The Balaban J connectivity index is 0.00000225. The van der Waals surface area contributed by atoms with Gasteiger partial charge in [-0.15, -0.1) is 13.0 Å². The molecule has 0 aromatic heterocycles. The molecule has 0 bridgehead atoms. The number of amides is 1. The van der Waals surface area contributed by atoms with Crippen LogP contribution in [0.5, 0.6) is 0 Å². The molecule has 1 rings (SSSR count). The van der Waals surface area contributed by atoms with Crippen LogP contribution in [0.15, 0.2) is 0 Å². The molecular formula is C11H18NO3Y-. The molecule has 1 amide bonds. The number of carbonyl (C=O) groups is 2. The standard InChI is InChI=1S/C11H18NO3.Y/c1-4-9(13)12-8-6-7-11(12,5-2)10(14)15-3;/h6H,4-5,7-8H2,1-3H3;/q-1;. The van der Waals surface area contributed by atoms with Crippen molar-refractivity contribution in [3.05, 3.63) is 6.42 Å². The number of hydrogen-bond donors (Lipinski definition) is 0. The topological polar surface area (TPSA) is 46.6 Å². The largest absolute Gasteiger partial charge is 0.467 e. The van der Waals surface area contributed by atoms with Gasteiger partial charge in [-0.05, 0) is 6.42 Å². The summed E-state index contributed by atoms with van der Waals surface area (Å²) in [5.41, 5.74) is -0.748. The molecule has 1 fully saturated rings. The average Bonchev–Trinajstić information content (AvgIpc) is 2.71. The van der Waals surface area contributed by atoms with Crippen LogP contribution in [0.4, 0.5) is 0 Å². The summed E-state index contributed by atoms with van der Waals surface area (Å²) in [6.07, 6.45) is 3.59. The van der Waals surface area contributed by atoms with Gasteiger partial charge in [0.05, 0.1) is 7.11 Å². The molecule has 1 radical (unpaired) electrons. The van der Waals surface area contributed by atoms with Gasteiger partial charge in [-0.25, -0.2) is 4.79 Å². The Morgan fingerprint density at radius 2 is 2.06 bits per heavy atom. The van der Waals surface area contributed by atoms with E-state index >= 15 is 0 Å². The van der Waals surface area contributed by atoms with Crippen molar-refractivity contribution < 1.29 is 47.0 Å². The van der Waals surface area contributed by atoms with Crippen LogP contribution in [0.3, 0.4) is 0 Å². The minimum atomic E-state index is -0.748. The molecule has 89 valence electrons. The van der Waals surface area contributed by atoms with Gasteiger partial charge in [0.1, 0.15) is 5.54 Å². The zero-order valence-electron chi connectivity index (χ0n) is 10.2. The van der Waals surface area contributed by atoms with Gasteiger partial charge in [-0.3, -0.25) is 4.79 Å². The molecule has 0 aromatic rings. The number of ether oxygens (including phenoxy) is 1.